The van der Waals surface area contributed by atoms with Crippen molar-refractivity contribution in [2.75, 3.05) is 0 Å². The van der Waals surface area contributed by atoms with Crippen LogP contribution >= 0.6 is 23.2 Å². The van der Waals surface area contributed by atoms with Gasteiger partial charge in [-0.1, -0.05) is 28.4 Å². The lowest BCUT2D eigenvalue weighted by Crippen LogP contribution is -2.01. The van der Waals surface area contributed by atoms with Crippen molar-refractivity contribution in [3.63, 3.8) is 0 Å². The van der Waals surface area contributed by atoms with Crippen LogP contribution in [0.2, 0.25) is 10.0 Å². The molecule has 0 radical (unpaired) electrons. The van der Waals surface area contributed by atoms with Gasteiger partial charge >= 0.3 is 0 Å². The molecule has 0 N–H and O–H groups in total. The molecule has 1 aliphatic rings. The summed E-state index contributed by atoms with van der Waals surface area (Å²) in [6.07, 6.45) is 2.81. The van der Waals surface area contributed by atoms with Crippen LogP contribution in [0.3, 0.4) is 0 Å². The fourth-order valence-electron chi connectivity index (χ4n) is 1.78. The maximum Gasteiger partial charge on any atom is 0.229 e. The summed E-state index contributed by atoms with van der Waals surface area (Å²) in [5.74, 6) is 1.72. The minimum Gasteiger partial charge on any atom is -0.483 e. The van der Waals surface area contributed by atoms with Crippen LogP contribution in [0.1, 0.15) is 40.8 Å². The molecule has 20 heavy (non-hydrogen) atoms. The molecular formula is C13H10Cl2N2O3. The Bertz CT molecular complexity index is 653. The number of aromatic nitrogens is 2. The highest BCUT2D eigenvalue weighted by Crippen LogP contribution is 2.39. The number of ether oxygens (including phenoxy) is 1. The Balaban J connectivity index is 1.75. The monoisotopic (exact) mass is 312 g/mol. The molecule has 1 heterocycles. The quantitative estimate of drug-likeness (QED) is 0.788. The molecule has 1 aromatic heterocycles. The number of carbonyl (C=O) groups is 1. The van der Waals surface area contributed by atoms with Gasteiger partial charge < -0.3 is 9.26 Å². The van der Waals surface area contributed by atoms with E-state index in [-0.39, 0.29) is 22.9 Å². The maximum absolute atomic E-state index is 11.0. The molecular weight excluding hydrogens is 303 g/mol. The fraction of sp³-hybridized carbons (Fsp3) is 0.308. The first-order chi connectivity index (χ1) is 9.67. The van der Waals surface area contributed by atoms with Crippen LogP contribution in [0, 0.1) is 0 Å². The number of hydrogen-bond donors (Lipinski definition) is 0. The topological polar surface area (TPSA) is 65.2 Å². The van der Waals surface area contributed by atoms with E-state index in [1.165, 1.54) is 12.1 Å². The summed E-state index contributed by atoms with van der Waals surface area (Å²) in [5, 5.41) is 4.47. The third-order valence-corrected chi connectivity index (χ3v) is 3.42. The number of nitrogens with zero attached hydrogens (tertiary/aromatic N) is 2. The Morgan fingerprint density at radius 3 is 2.90 bits per heavy atom. The average molecular weight is 313 g/mol. The summed E-state index contributed by atoms with van der Waals surface area (Å²) in [6.45, 7) is 0.0818. The van der Waals surface area contributed by atoms with Crippen molar-refractivity contribution in [3.8, 4) is 5.75 Å². The zero-order valence-corrected chi connectivity index (χ0v) is 11.8. The molecule has 0 spiro atoms. The molecule has 7 heteroatoms. The molecule has 3 rings (SSSR count). The van der Waals surface area contributed by atoms with Crippen molar-refractivity contribution in [1.82, 2.24) is 10.1 Å². The number of hydrogen-bond acceptors (Lipinski definition) is 5. The molecule has 0 aliphatic heterocycles. The van der Waals surface area contributed by atoms with Crippen LogP contribution < -0.4 is 4.74 Å². The Morgan fingerprint density at radius 1 is 1.40 bits per heavy atom. The second-order valence-corrected chi connectivity index (χ2v) is 5.38. The van der Waals surface area contributed by atoms with Gasteiger partial charge in [-0.15, -0.1) is 0 Å². The van der Waals surface area contributed by atoms with Crippen LogP contribution in [0.5, 0.6) is 5.75 Å². The standard InChI is InChI=1S/C13H10Cl2N2O3/c14-9-3-8(5-18)12(10(15)4-9)19-6-11-16-13(20-17-11)7-1-2-7/h3-5,7H,1-2,6H2. The van der Waals surface area contributed by atoms with E-state index in [0.29, 0.717) is 28.9 Å². The number of halogens is 2. The van der Waals surface area contributed by atoms with Crippen molar-refractivity contribution in [2.24, 2.45) is 0 Å². The highest BCUT2D eigenvalue weighted by atomic mass is 35.5. The van der Waals surface area contributed by atoms with Gasteiger partial charge in [-0.2, -0.15) is 4.98 Å². The molecule has 1 fully saturated rings. The number of aldehydes is 1. The number of rotatable bonds is 5. The maximum atomic E-state index is 11.0. The normalized spacial score (nSPS) is 14.3. The van der Waals surface area contributed by atoms with Crippen molar-refractivity contribution < 1.29 is 14.1 Å². The SMILES string of the molecule is O=Cc1cc(Cl)cc(Cl)c1OCc1noc(C2CC2)n1. The van der Waals surface area contributed by atoms with Gasteiger partial charge in [0.05, 0.1) is 10.6 Å². The minimum atomic E-state index is 0.0818. The predicted octanol–water partition coefficient (Wildman–Crippen LogP) is 3.65. The Labute approximate surface area is 124 Å². The molecule has 2 aromatic rings. The van der Waals surface area contributed by atoms with Crippen molar-refractivity contribution >= 4 is 29.5 Å². The van der Waals surface area contributed by atoms with Crippen molar-refractivity contribution in [3.05, 3.63) is 39.5 Å². The molecule has 0 amide bonds. The average Bonchev–Trinajstić information content (AvgIpc) is 3.16. The van der Waals surface area contributed by atoms with Crippen molar-refractivity contribution in [2.45, 2.75) is 25.4 Å². The van der Waals surface area contributed by atoms with E-state index in [9.17, 15) is 4.79 Å². The highest BCUT2D eigenvalue weighted by Gasteiger charge is 2.29. The minimum absolute atomic E-state index is 0.0818. The van der Waals surface area contributed by atoms with Gasteiger partial charge in [0, 0.05) is 10.9 Å². The summed E-state index contributed by atoms with van der Waals surface area (Å²) in [6, 6.07) is 3.00. The second-order valence-electron chi connectivity index (χ2n) is 4.54. The Kier molecular flexibility index (Phi) is 3.63. The molecule has 1 aliphatic carbocycles. The molecule has 1 aromatic carbocycles. The van der Waals surface area contributed by atoms with Gasteiger partial charge in [-0.25, -0.2) is 0 Å². The van der Waals surface area contributed by atoms with E-state index < -0.39 is 0 Å². The van der Waals surface area contributed by atoms with Crippen LogP contribution in [-0.2, 0) is 6.61 Å². The van der Waals surface area contributed by atoms with Gasteiger partial charge in [0.15, 0.2) is 12.9 Å². The van der Waals surface area contributed by atoms with Crippen LogP contribution in [0.25, 0.3) is 0 Å². The Hall–Kier alpha value is -1.59. The van der Waals surface area contributed by atoms with E-state index in [4.69, 9.17) is 32.5 Å². The molecule has 0 bridgehead atoms. The van der Waals surface area contributed by atoms with Crippen molar-refractivity contribution in [1.29, 1.82) is 0 Å². The van der Waals surface area contributed by atoms with Gasteiger partial charge in [0.25, 0.3) is 0 Å². The summed E-state index contributed by atoms with van der Waals surface area (Å²) >= 11 is 11.8. The van der Waals surface area contributed by atoms with E-state index >= 15 is 0 Å². The van der Waals surface area contributed by atoms with Gasteiger partial charge in [0.1, 0.15) is 5.75 Å². The first-order valence-electron chi connectivity index (χ1n) is 6.07. The predicted molar refractivity (Wildman–Crippen MR) is 72.5 cm³/mol. The van der Waals surface area contributed by atoms with Gasteiger partial charge in [-0.05, 0) is 25.0 Å². The second kappa shape index (κ2) is 5.42. The zero-order valence-electron chi connectivity index (χ0n) is 10.3. The smallest absolute Gasteiger partial charge is 0.229 e. The third-order valence-electron chi connectivity index (χ3n) is 2.92. The van der Waals surface area contributed by atoms with Gasteiger partial charge in [0.2, 0.25) is 11.7 Å². The molecule has 5 nitrogen and oxygen atoms in total. The summed E-state index contributed by atoms with van der Waals surface area (Å²) in [4.78, 5) is 15.2. The largest absolute Gasteiger partial charge is 0.483 e. The lowest BCUT2D eigenvalue weighted by atomic mass is 10.2. The fourth-order valence-corrected chi connectivity index (χ4v) is 2.34. The molecule has 1 saturated carbocycles. The lowest BCUT2D eigenvalue weighted by molar-refractivity contribution is 0.111. The van der Waals surface area contributed by atoms with Gasteiger partial charge in [-0.3, -0.25) is 4.79 Å². The number of carbonyl (C=O) groups excluding carboxylic acids is 1. The summed E-state index contributed by atoms with van der Waals surface area (Å²) in [7, 11) is 0. The molecule has 0 atom stereocenters. The van der Waals surface area contributed by atoms with E-state index in [1.807, 2.05) is 0 Å². The van der Waals surface area contributed by atoms with E-state index in [0.717, 1.165) is 12.8 Å². The highest BCUT2D eigenvalue weighted by molar-refractivity contribution is 6.36. The van der Waals surface area contributed by atoms with E-state index in [2.05, 4.69) is 10.1 Å². The first kappa shape index (κ1) is 13.4. The zero-order chi connectivity index (χ0) is 14.1. The Morgan fingerprint density at radius 2 is 2.20 bits per heavy atom. The number of benzene rings is 1. The third kappa shape index (κ3) is 2.78. The molecule has 0 saturated heterocycles. The van der Waals surface area contributed by atoms with Crippen LogP contribution in [-0.4, -0.2) is 16.4 Å². The van der Waals surface area contributed by atoms with Crippen LogP contribution in [0.4, 0.5) is 0 Å². The lowest BCUT2D eigenvalue weighted by Gasteiger charge is -2.08. The summed E-state index contributed by atoms with van der Waals surface area (Å²) < 4.78 is 10.6. The molecule has 0 unspecified atom stereocenters. The molecule has 104 valence electrons. The first-order valence-corrected chi connectivity index (χ1v) is 6.82. The summed E-state index contributed by atoms with van der Waals surface area (Å²) in [5.41, 5.74) is 0.286. The van der Waals surface area contributed by atoms with Crippen LogP contribution in [0.15, 0.2) is 16.7 Å². The van der Waals surface area contributed by atoms with E-state index in [1.54, 1.807) is 0 Å².